The number of hydrogen-bond acceptors (Lipinski definition) is 7. The van der Waals surface area contributed by atoms with Gasteiger partial charge in [0.2, 0.25) is 6.35 Å². The Balaban J connectivity index is 1.76. The summed E-state index contributed by atoms with van der Waals surface area (Å²) in [6, 6.07) is 2.26. The minimum atomic E-state index is -1.24. The topological polar surface area (TPSA) is 141 Å². The van der Waals surface area contributed by atoms with Crippen LogP contribution in [0.3, 0.4) is 0 Å². The predicted octanol–water partition coefficient (Wildman–Crippen LogP) is 1.11. The molecular formula is C17H19F2N7O3S. The number of rotatable bonds is 5. The van der Waals surface area contributed by atoms with Crippen LogP contribution in [0.2, 0.25) is 0 Å². The smallest absolute Gasteiger partial charge is 0.412 e. The van der Waals surface area contributed by atoms with Gasteiger partial charge in [0.1, 0.15) is 17.3 Å². The van der Waals surface area contributed by atoms with E-state index in [1.54, 1.807) is 6.08 Å². The maximum absolute atomic E-state index is 14.7. The van der Waals surface area contributed by atoms with Crippen molar-refractivity contribution in [1.29, 1.82) is 0 Å². The van der Waals surface area contributed by atoms with Crippen LogP contribution in [0.1, 0.15) is 17.7 Å². The summed E-state index contributed by atoms with van der Waals surface area (Å²) >= 11 is 3.58. The minimum Gasteiger partial charge on any atom is -0.417 e. The zero-order valence-corrected chi connectivity index (χ0v) is 16.5. The Morgan fingerprint density at radius 1 is 1.30 bits per heavy atom. The van der Waals surface area contributed by atoms with Gasteiger partial charge in [0, 0.05) is 30.8 Å². The highest BCUT2D eigenvalue weighted by atomic mass is 32.1. The first kappa shape index (κ1) is 21.7. The maximum Gasteiger partial charge on any atom is 0.412 e. The van der Waals surface area contributed by atoms with Crippen molar-refractivity contribution in [2.45, 2.75) is 19.3 Å². The van der Waals surface area contributed by atoms with Gasteiger partial charge in [-0.25, -0.2) is 18.3 Å². The Kier molecular flexibility index (Phi) is 6.64. The molecule has 2 aromatic rings. The van der Waals surface area contributed by atoms with E-state index in [9.17, 15) is 18.4 Å². The number of hydrogen-bond donors (Lipinski definition) is 4. The summed E-state index contributed by atoms with van der Waals surface area (Å²) < 4.78 is 35.3. The summed E-state index contributed by atoms with van der Waals surface area (Å²) in [5.41, 5.74) is 11.2. The predicted molar refractivity (Wildman–Crippen MR) is 105 cm³/mol. The lowest BCUT2D eigenvalue weighted by Gasteiger charge is -2.26. The first-order valence-corrected chi connectivity index (χ1v) is 9.23. The van der Waals surface area contributed by atoms with Crippen molar-refractivity contribution in [2.75, 3.05) is 13.1 Å². The molecule has 0 unspecified atom stereocenters. The van der Waals surface area contributed by atoms with Crippen molar-refractivity contribution < 1.29 is 23.1 Å². The van der Waals surface area contributed by atoms with Gasteiger partial charge in [-0.15, -0.1) is 5.10 Å². The fourth-order valence-electron chi connectivity index (χ4n) is 2.92. The van der Waals surface area contributed by atoms with E-state index in [4.69, 9.17) is 16.2 Å². The van der Waals surface area contributed by atoms with E-state index in [1.165, 1.54) is 15.8 Å². The molecule has 30 heavy (non-hydrogen) atoms. The number of aromatic nitrogens is 3. The summed E-state index contributed by atoms with van der Waals surface area (Å²) in [5.74, 6) is -1.56. The van der Waals surface area contributed by atoms with E-state index < -0.39 is 29.3 Å². The molecule has 0 saturated carbocycles. The average Bonchev–Trinajstić information content (AvgIpc) is 3.15. The second-order valence-corrected chi connectivity index (χ2v) is 6.78. The van der Waals surface area contributed by atoms with Crippen molar-refractivity contribution in [1.82, 2.24) is 25.2 Å². The van der Waals surface area contributed by atoms with Crippen molar-refractivity contribution in [3.63, 3.8) is 0 Å². The molecule has 0 bridgehead atoms. The van der Waals surface area contributed by atoms with Crippen molar-refractivity contribution in [2.24, 2.45) is 11.5 Å². The number of nitrogens with one attached hydrogen (secondary N) is 1. The normalized spacial score (nSPS) is 13.9. The second-order valence-electron chi connectivity index (χ2n) is 6.37. The molecule has 0 radical (unpaired) electrons. The van der Waals surface area contributed by atoms with E-state index in [0.717, 1.165) is 12.1 Å². The molecule has 1 aromatic heterocycles. The largest absolute Gasteiger partial charge is 0.417 e. The highest BCUT2D eigenvalue weighted by Gasteiger charge is 2.24. The number of benzene rings is 1. The van der Waals surface area contributed by atoms with Crippen LogP contribution in [0.4, 0.5) is 18.4 Å². The quantitative estimate of drug-likeness (QED) is 0.404. The van der Waals surface area contributed by atoms with E-state index in [1.807, 2.05) is 0 Å². The molecule has 160 valence electrons. The summed E-state index contributed by atoms with van der Waals surface area (Å²) in [6.45, 7) is 0.373. The molecule has 1 aliphatic rings. The molecule has 1 aliphatic heterocycles. The molecule has 3 rings (SSSR count). The zero-order valence-electron chi connectivity index (χ0n) is 15.6. The monoisotopic (exact) mass is 439 g/mol. The number of nitrogens with zero attached hydrogens (tertiary/aromatic N) is 4. The fraction of sp³-hybridized carbons (Fsp3) is 0.294. The van der Waals surface area contributed by atoms with Gasteiger partial charge >= 0.3 is 6.09 Å². The summed E-state index contributed by atoms with van der Waals surface area (Å²) in [7, 11) is 0. The summed E-state index contributed by atoms with van der Waals surface area (Å²) in [6.07, 6.45) is 1.26. The van der Waals surface area contributed by atoms with Gasteiger partial charge in [0.25, 0.3) is 5.24 Å². The molecule has 0 saturated heterocycles. The molecule has 10 nitrogen and oxygen atoms in total. The lowest BCUT2D eigenvalue weighted by atomic mass is 9.98. The Morgan fingerprint density at radius 3 is 2.57 bits per heavy atom. The van der Waals surface area contributed by atoms with Gasteiger partial charge < -0.3 is 15.0 Å². The van der Waals surface area contributed by atoms with E-state index in [-0.39, 0.29) is 37.3 Å². The first-order chi connectivity index (χ1) is 14.2. The molecule has 0 aliphatic carbocycles. The van der Waals surface area contributed by atoms with E-state index in [0.29, 0.717) is 11.3 Å². The Bertz CT molecular complexity index is 972. The molecule has 13 heteroatoms. The van der Waals surface area contributed by atoms with E-state index >= 15 is 0 Å². The standard InChI is InChI=1S/C17H19F2N7O3S/c18-12-5-11(26-8-10(23-24-26)7-22-16(27)30)6-13(19)14(12)9-1-3-25(4-2-9)17(28)29-15(20)21/h1,5-6,8,15H,2-4,7,20-21H2,(H2,22,27,30). The molecule has 2 heterocycles. The Morgan fingerprint density at radius 2 is 2.00 bits per heavy atom. The highest BCUT2D eigenvalue weighted by molar-refractivity contribution is 7.96. The number of carbonyl (C=O) groups excluding carboxylic acids is 2. The third kappa shape index (κ3) is 5.11. The summed E-state index contributed by atoms with van der Waals surface area (Å²) in [4.78, 5) is 23.9. The molecular weight excluding hydrogens is 420 g/mol. The molecule has 1 aromatic carbocycles. The van der Waals surface area contributed by atoms with Gasteiger partial charge in [0.05, 0.1) is 18.4 Å². The van der Waals surface area contributed by atoms with Crippen LogP contribution in [0.25, 0.3) is 11.3 Å². The average molecular weight is 439 g/mol. The van der Waals surface area contributed by atoms with Crippen molar-refractivity contribution in [3.8, 4) is 5.69 Å². The number of nitrogens with two attached hydrogens (primary N) is 2. The molecule has 2 amide bonds. The minimum absolute atomic E-state index is 0.0757. The van der Waals surface area contributed by atoms with Crippen LogP contribution < -0.4 is 16.8 Å². The second kappa shape index (κ2) is 9.19. The number of halogens is 2. The third-order valence-corrected chi connectivity index (χ3v) is 4.44. The van der Waals surface area contributed by atoms with Crippen LogP contribution in [-0.4, -0.2) is 50.7 Å². The number of carbonyl (C=O) groups is 2. The van der Waals surface area contributed by atoms with Crippen LogP contribution in [0.5, 0.6) is 0 Å². The van der Waals surface area contributed by atoms with Crippen molar-refractivity contribution >= 4 is 29.5 Å². The van der Waals surface area contributed by atoms with Gasteiger partial charge in [-0.05, 0) is 12.0 Å². The Hall–Kier alpha value is -3.03. The lowest BCUT2D eigenvalue weighted by molar-refractivity contribution is 0.0707. The third-order valence-electron chi connectivity index (χ3n) is 4.28. The highest BCUT2D eigenvalue weighted by Crippen LogP contribution is 2.29. The number of amides is 2. The summed E-state index contributed by atoms with van der Waals surface area (Å²) in [5, 5.41) is 9.52. The fourth-order valence-corrected chi connectivity index (χ4v) is 3.00. The molecule has 5 N–H and O–H groups in total. The Labute approximate surface area is 175 Å². The van der Waals surface area contributed by atoms with Gasteiger partial charge in [-0.1, -0.05) is 23.9 Å². The van der Waals surface area contributed by atoms with Crippen LogP contribution in [-0.2, 0) is 11.3 Å². The SMILES string of the molecule is NC(N)OC(=O)N1CC=C(c2c(F)cc(-n3cc(CNC(=O)S)nn3)cc2F)CC1. The van der Waals surface area contributed by atoms with Crippen LogP contribution >= 0.6 is 12.6 Å². The number of ether oxygens (including phenoxy) is 1. The number of thiol groups is 1. The zero-order chi connectivity index (χ0) is 21.8. The van der Waals surface area contributed by atoms with E-state index in [2.05, 4.69) is 28.3 Å². The van der Waals surface area contributed by atoms with Crippen LogP contribution in [0.15, 0.2) is 24.4 Å². The molecule has 0 spiro atoms. The molecule has 0 atom stereocenters. The van der Waals surface area contributed by atoms with Gasteiger partial charge in [-0.3, -0.25) is 16.3 Å². The van der Waals surface area contributed by atoms with Crippen molar-refractivity contribution in [3.05, 3.63) is 47.3 Å². The maximum atomic E-state index is 14.7. The first-order valence-electron chi connectivity index (χ1n) is 8.78. The van der Waals surface area contributed by atoms with Gasteiger partial charge in [0.15, 0.2) is 0 Å². The lowest BCUT2D eigenvalue weighted by Crippen LogP contribution is -2.43. The molecule has 0 fully saturated rings. The van der Waals surface area contributed by atoms with Crippen LogP contribution in [0, 0.1) is 11.6 Å². The van der Waals surface area contributed by atoms with Gasteiger partial charge in [-0.2, -0.15) is 0 Å².